The summed E-state index contributed by atoms with van der Waals surface area (Å²) in [6.45, 7) is 3.24. The third kappa shape index (κ3) is 6.60. The highest BCUT2D eigenvalue weighted by atomic mass is 127. The van der Waals surface area contributed by atoms with Crippen LogP contribution in [0.15, 0.2) is 41.5 Å². The topological polar surface area (TPSA) is 49.3 Å². The molecule has 4 nitrogen and oxygen atoms in total. The highest BCUT2D eigenvalue weighted by Crippen LogP contribution is 2.10. The molecule has 0 amide bonds. The van der Waals surface area contributed by atoms with Crippen molar-refractivity contribution < 1.29 is 4.39 Å². The number of hydrogen-bond acceptors (Lipinski definition) is 2. The van der Waals surface area contributed by atoms with Gasteiger partial charge in [0.2, 0.25) is 0 Å². The van der Waals surface area contributed by atoms with E-state index in [4.69, 9.17) is 11.6 Å². The molecule has 0 unspecified atom stereocenters. The van der Waals surface area contributed by atoms with Crippen molar-refractivity contribution in [3.8, 4) is 0 Å². The second-order valence-electron chi connectivity index (χ2n) is 5.16. The van der Waals surface area contributed by atoms with Crippen molar-refractivity contribution >= 4 is 41.5 Å². The minimum Gasteiger partial charge on any atom is -0.356 e. The van der Waals surface area contributed by atoms with Gasteiger partial charge in [-0.1, -0.05) is 23.7 Å². The summed E-state index contributed by atoms with van der Waals surface area (Å²) in [5.41, 5.74) is 3.10. The molecule has 0 aliphatic rings. The summed E-state index contributed by atoms with van der Waals surface area (Å²) in [7, 11) is 1.72. The highest BCUT2D eigenvalue weighted by Gasteiger charge is 2.02. The molecule has 0 radical (unpaired) electrons. The first kappa shape index (κ1) is 20.6. The SMILES string of the molecule is CN=C(NCCc1ccc(F)cc1C)NCc1ccc(Cl)nc1.I. The summed E-state index contributed by atoms with van der Waals surface area (Å²) >= 11 is 5.76. The van der Waals surface area contributed by atoms with E-state index in [1.807, 2.05) is 19.1 Å². The maximum absolute atomic E-state index is 13.1. The Kier molecular flexibility index (Phi) is 8.99. The first-order valence-corrected chi connectivity index (χ1v) is 7.76. The van der Waals surface area contributed by atoms with Crippen LogP contribution in [0.4, 0.5) is 4.39 Å². The molecule has 0 aliphatic heterocycles. The van der Waals surface area contributed by atoms with E-state index in [1.54, 1.807) is 25.4 Å². The Morgan fingerprint density at radius 1 is 1.25 bits per heavy atom. The molecular formula is C17H21ClFIN4. The summed E-state index contributed by atoms with van der Waals surface area (Å²) in [6, 6.07) is 8.53. The van der Waals surface area contributed by atoms with Crippen LogP contribution in [0.25, 0.3) is 0 Å². The zero-order valence-electron chi connectivity index (χ0n) is 13.6. The predicted molar refractivity (Wildman–Crippen MR) is 108 cm³/mol. The van der Waals surface area contributed by atoms with Gasteiger partial charge in [0.05, 0.1) is 0 Å². The quantitative estimate of drug-likeness (QED) is 0.308. The average Bonchev–Trinajstić information content (AvgIpc) is 2.54. The number of aromatic nitrogens is 1. The van der Waals surface area contributed by atoms with Gasteiger partial charge < -0.3 is 10.6 Å². The van der Waals surface area contributed by atoms with E-state index in [1.165, 1.54) is 6.07 Å². The van der Waals surface area contributed by atoms with Crippen molar-refractivity contribution in [2.24, 2.45) is 4.99 Å². The Balaban J connectivity index is 0.00000288. The molecule has 24 heavy (non-hydrogen) atoms. The lowest BCUT2D eigenvalue weighted by molar-refractivity contribution is 0.625. The largest absolute Gasteiger partial charge is 0.356 e. The van der Waals surface area contributed by atoms with E-state index in [2.05, 4.69) is 20.6 Å². The number of hydrogen-bond donors (Lipinski definition) is 2. The van der Waals surface area contributed by atoms with Crippen LogP contribution in [0.3, 0.4) is 0 Å². The molecule has 2 aromatic rings. The van der Waals surface area contributed by atoms with Gasteiger partial charge in [-0.3, -0.25) is 4.99 Å². The molecule has 0 spiro atoms. The summed E-state index contributed by atoms with van der Waals surface area (Å²) in [5, 5.41) is 6.93. The fraction of sp³-hybridized carbons (Fsp3) is 0.294. The molecule has 1 aromatic carbocycles. The Hall–Kier alpha value is -1.41. The van der Waals surface area contributed by atoms with Crippen LogP contribution >= 0.6 is 35.6 Å². The van der Waals surface area contributed by atoms with Gasteiger partial charge in [0.1, 0.15) is 11.0 Å². The van der Waals surface area contributed by atoms with E-state index in [9.17, 15) is 4.39 Å². The number of nitrogens with zero attached hydrogens (tertiary/aromatic N) is 2. The molecule has 1 aromatic heterocycles. The van der Waals surface area contributed by atoms with E-state index in [-0.39, 0.29) is 29.8 Å². The Morgan fingerprint density at radius 3 is 2.67 bits per heavy atom. The van der Waals surface area contributed by atoms with Crippen molar-refractivity contribution in [2.45, 2.75) is 19.9 Å². The van der Waals surface area contributed by atoms with E-state index in [0.29, 0.717) is 24.2 Å². The molecule has 0 aliphatic carbocycles. The van der Waals surface area contributed by atoms with Crippen LogP contribution in [0.1, 0.15) is 16.7 Å². The Morgan fingerprint density at radius 2 is 2.04 bits per heavy atom. The van der Waals surface area contributed by atoms with Gasteiger partial charge in [-0.25, -0.2) is 9.37 Å². The maximum atomic E-state index is 13.1. The number of pyridine rings is 1. The number of aliphatic imine (C=N–C) groups is 1. The Labute approximate surface area is 164 Å². The molecule has 0 saturated carbocycles. The van der Waals surface area contributed by atoms with Crippen molar-refractivity contribution in [2.75, 3.05) is 13.6 Å². The van der Waals surface area contributed by atoms with Gasteiger partial charge >= 0.3 is 0 Å². The van der Waals surface area contributed by atoms with E-state index < -0.39 is 0 Å². The van der Waals surface area contributed by atoms with E-state index in [0.717, 1.165) is 23.1 Å². The lowest BCUT2D eigenvalue weighted by Gasteiger charge is -2.12. The number of aryl methyl sites for hydroxylation is 1. The second-order valence-corrected chi connectivity index (χ2v) is 5.55. The van der Waals surface area contributed by atoms with Crippen LogP contribution in [0.5, 0.6) is 0 Å². The zero-order chi connectivity index (χ0) is 16.7. The van der Waals surface area contributed by atoms with E-state index >= 15 is 0 Å². The molecule has 130 valence electrons. The van der Waals surface area contributed by atoms with Crippen molar-refractivity contribution in [3.05, 3.63) is 64.2 Å². The van der Waals surface area contributed by atoms with Gasteiger partial charge in [-0.2, -0.15) is 0 Å². The fourth-order valence-electron chi connectivity index (χ4n) is 2.17. The van der Waals surface area contributed by atoms with Crippen LogP contribution in [0, 0.1) is 12.7 Å². The van der Waals surface area contributed by atoms with Crippen LogP contribution in [0.2, 0.25) is 5.15 Å². The average molecular weight is 463 g/mol. The van der Waals surface area contributed by atoms with Gasteiger partial charge in [-0.05, 0) is 48.2 Å². The summed E-state index contributed by atoms with van der Waals surface area (Å²) < 4.78 is 13.1. The zero-order valence-corrected chi connectivity index (χ0v) is 16.7. The smallest absolute Gasteiger partial charge is 0.191 e. The minimum atomic E-state index is -0.201. The third-order valence-corrected chi connectivity index (χ3v) is 3.69. The van der Waals surface area contributed by atoms with Gasteiger partial charge in [0.25, 0.3) is 0 Å². The minimum absolute atomic E-state index is 0. The maximum Gasteiger partial charge on any atom is 0.191 e. The third-order valence-electron chi connectivity index (χ3n) is 3.46. The van der Waals surface area contributed by atoms with Gasteiger partial charge in [0, 0.05) is 26.3 Å². The molecule has 0 saturated heterocycles. The number of guanidine groups is 1. The van der Waals surface area contributed by atoms with Crippen LogP contribution < -0.4 is 10.6 Å². The molecule has 1 heterocycles. The van der Waals surface area contributed by atoms with Gasteiger partial charge in [-0.15, -0.1) is 24.0 Å². The molecule has 2 N–H and O–H groups in total. The monoisotopic (exact) mass is 462 g/mol. The van der Waals surface area contributed by atoms with Crippen molar-refractivity contribution in [3.63, 3.8) is 0 Å². The molecule has 7 heteroatoms. The van der Waals surface area contributed by atoms with Crippen molar-refractivity contribution in [1.29, 1.82) is 0 Å². The predicted octanol–water partition coefficient (Wildman–Crippen LogP) is 3.71. The number of benzene rings is 1. The number of nitrogens with one attached hydrogen (secondary N) is 2. The Bertz CT molecular complexity index is 677. The standard InChI is InChI=1S/C17H20ClFN4.HI/c1-12-9-15(19)5-4-14(12)7-8-21-17(20-2)23-11-13-3-6-16(18)22-10-13;/h3-6,9-10H,7-8,11H2,1-2H3,(H2,20,21,23);1H. The lowest BCUT2D eigenvalue weighted by Crippen LogP contribution is -2.37. The number of rotatable bonds is 5. The second kappa shape index (κ2) is 10.5. The highest BCUT2D eigenvalue weighted by molar-refractivity contribution is 14.0. The van der Waals surface area contributed by atoms with Gasteiger partial charge in [0.15, 0.2) is 5.96 Å². The molecule has 0 atom stereocenters. The summed E-state index contributed by atoms with van der Waals surface area (Å²) in [5.74, 6) is 0.507. The van der Waals surface area contributed by atoms with Crippen LogP contribution in [-0.2, 0) is 13.0 Å². The first-order chi connectivity index (χ1) is 11.1. The molecule has 2 rings (SSSR count). The number of halogens is 3. The molecule has 0 fully saturated rings. The normalized spacial score (nSPS) is 10.9. The summed E-state index contributed by atoms with van der Waals surface area (Å²) in [4.78, 5) is 8.21. The fourth-order valence-corrected chi connectivity index (χ4v) is 2.28. The molecule has 0 bridgehead atoms. The molecular weight excluding hydrogens is 442 g/mol. The summed E-state index contributed by atoms with van der Waals surface area (Å²) in [6.07, 6.45) is 2.53. The van der Waals surface area contributed by atoms with Crippen LogP contribution in [-0.4, -0.2) is 24.5 Å². The first-order valence-electron chi connectivity index (χ1n) is 7.38. The lowest BCUT2D eigenvalue weighted by atomic mass is 10.1. The van der Waals surface area contributed by atoms with Crippen molar-refractivity contribution in [1.82, 2.24) is 15.6 Å².